The van der Waals surface area contributed by atoms with Gasteiger partial charge in [0.25, 0.3) is 0 Å². The summed E-state index contributed by atoms with van der Waals surface area (Å²) in [5.74, 6) is 2.31. The number of aryl methyl sites for hydroxylation is 2. The molecule has 2 aromatic rings. The van der Waals surface area contributed by atoms with E-state index in [1.54, 1.807) is 6.33 Å². The Bertz CT molecular complexity index is 828. The molecule has 29 heavy (non-hydrogen) atoms. The van der Waals surface area contributed by atoms with E-state index in [4.69, 9.17) is 9.72 Å². The van der Waals surface area contributed by atoms with Crippen molar-refractivity contribution in [3.63, 3.8) is 0 Å². The Hall–Kier alpha value is -2.22. The minimum atomic E-state index is 0.0781. The second kappa shape index (κ2) is 9.52. The molecule has 0 unspecified atom stereocenters. The number of fused-ring (bicyclic) bond motifs is 3. The maximum atomic E-state index is 12.4. The zero-order valence-corrected chi connectivity index (χ0v) is 17.4. The van der Waals surface area contributed by atoms with Gasteiger partial charge in [-0.05, 0) is 39.0 Å². The van der Waals surface area contributed by atoms with E-state index in [1.165, 1.54) is 19.3 Å². The number of hydrogen-bond acceptors (Lipinski definition) is 6. The Kier molecular flexibility index (Phi) is 6.59. The van der Waals surface area contributed by atoms with Crippen LogP contribution in [0.3, 0.4) is 0 Å². The first-order valence-corrected chi connectivity index (χ1v) is 11.1. The molecule has 1 amide bonds. The highest BCUT2D eigenvalue weighted by Crippen LogP contribution is 2.29. The number of aromatic nitrogens is 4. The molecule has 4 rings (SSSR count). The first-order chi connectivity index (χ1) is 14.3. The van der Waals surface area contributed by atoms with Gasteiger partial charge in [0.15, 0.2) is 17.0 Å². The van der Waals surface area contributed by atoms with Crippen LogP contribution in [0.15, 0.2) is 6.33 Å². The zero-order valence-electron chi connectivity index (χ0n) is 17.4. The molecule has 158 valence electrons. The highest BCUT2D eigenvalue weighted by molar-refractivity contribution is 5.84. The predicted octanol–water partition coefficient (Wildman–Crippen LogP) is 2.31. The summed E-state index contributed by atoms with van der Waals surface area (Å²) in [5, 5.41) is 3.06. The minimum Gasteiger partial charge on any atom is -0.382 e. The molecule has 2 aromatic heterocycles. The highest BCUT2D eigenvalue weighted by atomic mass is 16.5. The number of carbonyl (C=O) groups excluding carboxylic acids is 1. The molecule has 2 aliphatic heterocycles. The number of nitrogens with one attached hydrogen (secondary N) is 1. The Morgan fingerprint density at radius 3 is 2.90 bits per heavy atom. The van der Waals surface area contributed by atoms with Gasteiger partial charge < -0.3 is 19.5 Å². The quantitative estimate of drug-likeness (QED) is 0.718. The number of piperidine rings is 1. The van der Waals surface area contributed by atoms with Gasteiger partial charge in [-0.25, -0.2) is 15.0 Å². The average Bonchev–Trinajstić information content (AvgIpc) is 2.94. The van der Waals surface area contributed by atoms with Crippen LogP contribution in [0.5, 0.6) is 0 Å². The number of nitrogens with zero attached hydrogens (tertiary/aromatic N) is 5. The average molecular weight is 401 g/mol. The molecule has 2 aliphatic rings. The largest absolute Gasteiger partial charge is 0.382 e. The summed E-state index contributed by atoms with van der Waals surface area (Å²) in [6.45, 7) is 6.74. The van der Waals surface area contributed by atoms with Gasteiger partial charge in [-0.1, -0.05) is 6.42 Å². The number of amides is 1. The number of rotatable bonds is 7. The van der Waals surface area contributed by atoms with Crippen LogP contribution in [0.4, 0.5) is 5.82 Å². The van der Waals surface area contributed by atoms with E-state index in [-0.39, 0.29) is 11.8 Å². The molecule has 0 bridgehead atoms. The van der Waals surface area contributed by atoms with Crippen LogP contribution in [0.1, 0.15) is 51.3 Å². The number of ether oxygens (including phenoxy) is 1. The smallest absolute Gasteiger partial charge is 0.223 e. The van der Waals surface area contributed by atoms with Crippen molar-refractivity contribution < 1.29 is 9.53 Å². The lowest BCUT2D eigenvalue weighted by Gasteiger charge is -2.32. The van der Waals surface area contributed by atoms with Crippen molar-refractivity contribution in [2.75, 3.05) is 37.7 Å². The Morgan fingerprint density at radius 1 is 1.21 bits per heavy atom. The summed E-state index contributed by atoms with van der Waals surface area (Å²) in [4.78, 5) is 28.7. The van der Waals surface area contributed by atoms with Gasteiger partial charge in [0, 0.05) is 51.7 Å². The third kappa shape index (κ3) is 4.52. The van der Waals surface area contributed by atoms with E-state index in [1.807, 2.05) is 6.92 Å². The Morgan fingerprint density at radius 2 is 2.07 bits per heavy atom. The molecule has 1 N–H and O–H groups in total. The van der Waals surface area contributed by atoms with Crippen LogP contribution < -0.4 is 10.2 Å². The highest BCUT2D eigenvalue weighted by Gasteiger charge is 2.27. The van der Waals surface area contributed by atoms with Crippen LogP contribution in [0.25, 0.3) is 11.2 Å². The fourth-order valence-electron chi connectivity index (χ4n) is 4.38. The van der Waals surface area contributed by atoms with Gasteiger partial charge in [0.05, 0.1) is 0 Å². The van der Waals surface area contributed by atoms with Gasteiger partial charge >= 0.3 is 0 Å². The molecule has 1 saturated heterocycles. The van der Waals surface area contributed by atoms with E-state index in [0.29, 0.717) is 13.2 Å². The van der Waals surface area contributed by atoms with E-state index in [2.05, 4.69) is 24.8 Å². The summed E-state index contributed by atoms with van der Waals surface area (Å²) in [5.41, 5.74) is 1.88. The topological polar surface area (TPSA) is 85.2 Å². The van der Waals surface area contributed by atoms with Gasteiger partial charge in [0.1, 0.15) is 12.2 Å². The van der Waals surface area contributed by atoms with Crippen LogP contribution >= 0.6 is 0 Å². The number of anilines is 1. The van der Waals surface area contributed by atoms with Gasteiger partial charge in [-0.2, -0.15) is 0 Å². The van der Waals surface area contributed by atoms with Crippen molar-refractivity contribution in [1.29, 1.82) is 0 Å². The number of hydrogen-bond donors (Lipinski definition) is 1. The van der Waals surface area contributed by atoms with E-state index in [9.17, 15) is 4.79 Å². The molecule has 0 saturated carbocycles. The molecule has 0 radical (unpaired) electrons. The lowest BCUT2D eigenvalue weighted by atomic mass is 9.96. The Labute approximate surface area is 172 Å². The van der Waals surface area contributed by atoms with Crippen LogP contribution in [0, 0.1) is 5.92 Å². The molecular formula is C21H32N6O2. The molecule has 0 aliphatic carbocycles. The standard InChI is InChI=1S/C21H32N6O2/c1-2-29-14-6-10-22-21(28)16-8-12-26(13-9-16)19-18-20(24-15-23-19)27-11-5-3-4-7-17(27)25-18/h15-16H,2-14H2,1H3,(H,22,28). The van der Waals surface area contributed by atoms with Gasteiger partial charge in [-0.3, -0.25) is 4.79 Å². The summed E-state index contributed by atoms with van der Waals surface area (Å²) in [6.07, 6.45) is 8.86. The van der Waals surface area contributed by atoms with Crippen molar-refractivity contribution in [3.05, 3.63) is 12.2 Å². The molecule has 0 spiro atoms. The molecule has 8 nitrogen and oxygen atoms in total. The van der Waals surface area contributed by atoms with Crippen molar-refractivity contribution in [1.82, 2.24) is 24.8 Å². The van der Waals surface area contributed by atoms with E-state index < -0.39 is 0 Å². The second-order valence-corrected chi connectivity index (χ2v) is 7.96. The van der Waals surface area contributed by atoms with E-state index in [0.717, 1.165) is 74.7 Å². The Balaban J connectivity index is 1.37. The lowest BCUT2D eigenvalue weighted by molar-refractivity contribution is -0.125. The third-order valence-electron chi connectivity index (χ3n) is 6.01. The number of carbonyl (C=O) groups is 1. The fourth-order valence-corrected chi connectivity index (χ4v) is 4.38. The lowest BCUT2D eigenvalue weighted by Crippen LogP contribution is -2.41. The SMILES string of the molecule is CCOCCCNC(=O)C1CCN(c2ncnc3c2nc2n3CCCCC2)CC1. The van der Waals surface area contributed by atoms with Crippen molar-refractivity contribution in [2.24, 2.45) is 5.92 Å². The summed E-state index contributed by atoms with van der Waals surface area (Å²) in [6, 6.07) is 0. The molecule has 1 fully saturated rings. The second-order valence-electron chi connectivity index (χ2n) is 7.96. The molecular weight excluding hydrogens is 368 g/mol. The molecule has 0 aromatic carbocycles. The monoisotopic (exact) mass is 400 g/mol. The fraction of sp³-hybridized carbons (Fsp3) is 0.714. The van der Waals surface area contributed by atoms with Crippen molar-refractivity contribution in [3.8, 4) is 0 Å². The third-order valence-corrected chi connectivity index (χ3v) is 6.01. The number of imidazole rings is 1. The molecule has 8 heteroatoms. The maximum Gasteiger partial charge on any atom is 0.223 e. The van der Waals surface area contributed by atoms with Gasteiger partial charge in [-0.15, -0.1) is 0 Å². The van der Waals surface area contributed by atoms with E-state index >= 15 is 0 Å². The van der Waals surface area contributed by atoms with Gasteiger partial charge in [0.2, 0.25) is 5.91 Å². The summed E-state index contributed by atoms with van der Waals surface area (Å²) < 4.78 is 7.59. The van der Waals surface area contributed by atoms with Crippen LogP contribution in [-0.2, 0) is 22.5 Å². The first kappa shape index (κ1) is 20.1. The summed E-state index contributed by atoms with van der Waals surface area (Å²) in [7, 11) is 0. The molecule has 4 heterocycles. The van der Waals surface area contributed by atoms with Crippen molar-refractivity contribution in [2.45, 2.75) is 58.4 Å². The van der Waals surface area contributed by atoms with Crippen LogP contribution in [-0.4, -0.2) is 58.3 Å². The molecule has 0 atom stereocenters. The first-order valence-electron chi connectivity index (χ1n) is 11.1. The summed E-state index contributed by atoms with van der Waals surface area (Å²) >= 11 is 0. The minimum absolute atomic E-state index is 0.0781. The normalized spacial score (nSPS) is 17.9. The zero-order chi connectivity index (χ0) is 20.1. The predicted molar refractivity (Wildman–Crippen MR) is 112 cm³/mol. The van der Waals surface area contributed by atoms with Crippen molar-refractivity contribution >= 4 is 22.9 Å². The maximum absolute atomic E-state index is 12.4. The van der Waals surface area contributed by atoms with Crippen LogP contribution in [0.2, 0.25) is 0 Å².